The number of esters is 1. The number of nitrogens with one attached hydrogen (secondary N) is 2. The van der Waals surface area contributed by atoms with E-state index in [4.69, 9.17) is 4.74 Å². The first-order chi connectivity index (χ1) is 13.7. The molecule has 0 radical (unpaired) electrons. The average Bonchev–Trinajstić information content (AvgIpc) is 2.99. The number of hydrogen-bond donors (Lipinski definition) is 2. The molecule has 3 aromatic rings. The van der Waals surface area contributed by atoms with Crippen molar-refractivity contribution in [2.75, 3.05) is 7.11 Å². The lowest BCUT2D eigenvalue weighted by Crippen LogP contribution is -2.30. The summed E-state index contributed by atoms with van der Waals surface area (Å²) in [5, 5.41) is 6.24. The minimum absolute atomic E-state index is 0.0908. The van der Waals surface area contributed by atoms with E-state index in [0.29, 0.717) is 23.4 Å². The summed E-state index contributed by atoms with van der Waals surface area (Å²) in [7, 11) is 1.30. The van der Waals surface area contributed by atoms with Crippen LogP contribution in [0.2, 0.25) is 0 Å². The van der Waals surface area contributed by atoms with Gasteiger partial charge in [-0.25, -0.2) is 0 Å². The van der Waals surface area contributed by atoms with E-state index in [2.05, 4.69) is 10.2 Å². The number of rotatable bonds is 6. The molecule has 0 aliphatic rings. The number of benzene rings is 1. The Bertz CT molecular complexity index is 1170. The molecule has 2 heterocycles. The van der Waals surface area contributed by atoms with Gasteiger partial charge in [-0.15, -0.1) is 0 Å². The number of carbonyl (C=O) groups is 1. The number of aromatic nitrogens is 3. The van der Waals surface area contributed by atoms with E-state index in [1.165, 1.54) is 7.11 Å². The molecular formula is C22H27N3O4. The predicted octanol–water partition coefficient (Wildman–Crippen LogP) is 2.99. The molecule has 0 spiro atoms. The summed E-state index contributed by atoms with van der Waals surface area (Å²) in [5.74, 6) is -0.925. The smallest absolute Gasteiger partial charge is 0.306 e. The van der Waals surface area contributed by atoms with Gasteiger partial charge in [-0.2, -0.15) is 0 Å². The second-order valence-corrected chi connectivity index (χ2v) is 7.92. The van der Waals surface area contributed by atoms with Crippen molar-refractivity contribution in [3.05, 3.63) is 67.4 Å². The predicted molar refractivity (Wildman–Crippen MR) is 112 cm³/mol. The summed E-state index contributed by atoms with van der Waals surface area (Å²) < 4.78 is 6.60. The summed E-state index contributed by atoms with van der Waals surface area (Å²) >= 11 is 0. The monoisotopic (exact) mass is 397 g/mol. The topological polar surface area (TPSA) is 96.9 Å². The first kappa shape index (κ1) is 20.6. The largest absolute Gasteiger partial charge is 0.469 e. The van der Waals surface area contributed by atoms with Crippen LogP contribution in [0.5, 0.6) is 0 Å². The highest BCUT2D eigenvalue weighted by Crippen LogP contribution is 2.28. The zero-order valence-corrected chi connectivity index (χ0v) is 17.5. The van der Waals surface area contributed by atoms with Crippen molar-refractivity contribution in [1.29, 1.82) is 0 Å². The standard InChI is InChI=1S/C22H27N3O4/c1-12(2)11-25-18-7-6-13(3)8-15(18)9-17(22(25)28)16(10-19(26)29-5)20-14(4)23-24-21(20)27/h6-9,12,16H,10-11H2,1-5H3,(H2,23,24,27)/t16-/m1/s1. The van der Waals surface area contributed by atoms with E-state index < -0.39 is 11.9 Å². The van der Waals surface area contributed by atoms with Gasteiger partial charge >= 0.3 is 5.97 Å². The van der Waals surface area contributed by atoms with Gasteiger partial charge in [0.15, 0.2) is 0 Å². The number of ether oxygens (including phenoxy) is 1. The number of carbonyl (C=O) groups excluding carboxylic acids is 1. The first-order valence-corrected chi connectivity index (χ1v) is 9.71. The lowest BCUT2D eigenvalue weighted by atomic mass is 9.88. The molecule has 0 saturated heterocycles. The van der Waals surface area contributed by atoms with Crippen molar-refractivity contribution in [2.45, 2.75) is 46.6 Å². The highest BCUT2D eigenvalue weighted by atomic mass is 16.5. The molecule has 2 aromatic heterocycles. The van der Waals surface area contributed by atoms with Crippen LogP contribution in [-0.2, 0) is 16.1 Å². The number of methoxy groups -OCH3 is 1. The van der Waals surface area contributed by atoms with Crippen LogP contribution in [0.3, 0.4) is 0 Å². The molecule has 0 bridgehead atoms. The molecule has 1 atom stereocenters. The van der Waals surface area contributed by atoms with Crippen molar-refractivity contribution in [3.63, 3.8) is 0 Å². The van der Waals surface area contributed by atoms with Crippen LogP contribution in [0, 0.1) is 19.8 Å². The van der Waals surface area contributed by atoms with E-state index in [9.17, 15) is 14.4 Å². The molecule has 0 unspecified atom stereocenters. The van der Waals surface area contributed by atoms with Crippen LogP contribution in [0.25, 0.3) is 10.9 Å². The summed E-state index contributed by atoms with van der Waals surface area (Å²) in [6.45, 7) is 8.37. The summed E-state index contributed by atoms with van der Waals surface area (Å²) in [4.78, 5) is 38.1. The van der Waals surface area contributed by atoms with Crippen LogP contribution in [-0.4, -0.2) is 27.8 Å². The second kappa shape index (κ2) is 8.11. The summed E-state index contributed by atoms with van der Waals surface area (Å²) in [6, 6.07) is 7.74. The van der Waals surface area contributed by atoms with Gasteiger partial charge in [-0.3, -0.25) is 19.5 Å². The lowest BCUT2D eigenvalue weighted by Gasteiger charge is -2.20. The molecule has 1 aromatic carbocycles. The molecule has 2 N–H and O–H groups in total. The van der Waals surface area contributed by atoms with Gasteiger partial charge in [0, 0.05) is 29.3 Å². The average molecular weight is 397 g/mol. The fraction of sp³-hybridized carbons (Fsp3) is 0.409. The van der Waals surface area contributed by atoms with Gasteiger partial charge in [0.25, 0.3) is 11.1 Å². The fourth-order valence-corrected chi connectivity index (χ4v) is 3.82. The number of fused-ring (bicyclic) bond motifs is 1. The molecule has 0 saturated carbocycles. The molecule has 7 heteroatoms. The Labute approximate surface area is 168 Å². The molecule has 154 valence electrons. The van der Waals surface area contributed by atoms with Crippen molar-refractivity contribution in [3.8, 4) is 0 Å². The Kier molecular flexibility index (Phi) is 5.77. The van der Waals surface area contributed by atoms with E-state index in [0.717, 1.165) is 16.5 Å². The molecule has 7 nitrogen and oxygen atoms in total. The van der Waals surface area contributed by atoms with Crippen LogP contribution >= 0.6 is 0 Å². The maximum absolute atomic E-state index is 13.5. The molecule has 0 aliphatic heterocycles. The van der Waals surface area contributed by atoms with Crippen LogP contribution < -0.4 is 11.1 Å². The number of pyridine rings is 1. The van der Waals surface area contributed by atoms with Gasteiger partial charge in [0.1, 0.15) is 0 Å². The Hall–Kier alpha value is -3.09. The molecule has 0 fully saturated rings. The van der Waals surface area contributed by atoms with Crippen molar-refractivity contribution >= 4 is 16.9 Å². The van der Waals surface area contributed by atoms with Crippen LogP contribution in [0.1, 0.15) is 48.6 Å². The number of aryl methyl sites for hydroxylation is 2. The highest BCUT2D eigenvalue weighted by Gasteiger charge is 2.28. The van der Waals surface area contributed by atoms with Crippen LogP contribution in [0.4, 0.5) is 0 Å². The number of H-pyrrole nitrogens is 2. The maximum Gasteiger partial charge on any atom is 0.306 e. The van der Waals surface area contributed by atoms with Crippen molar-refractivity contribution in [2.24, 2.45) is 5.92 Å². The van der Waals surface area contributed by atoms with Gasteiger partial charge in [-0.1, -0.05) is 25.5 Å². The Morgan fingerprint density at radius 3 is 2.45 bits per heavy atom. The number of nitrogens with zero attached hydrogens (tertiary/aromatic N) is 1. The molecule has 3 rings (SSSR count). The van der Waals surface area contributed by atoms with Gasteiger partial charge in [0.05, 0.1) is 19.0 Å². The Morgan fingerprint density at radius 2 is 1.86 bits per heavy atom. The Morgan fingerprint density at radius 1 is 1.14 bits per heavy atom. The summed E-state index contributed by atoms with van der Waals surface area (Å²) in [6.07, 6.45) is -0.0908. The fourth-order valence-electron chi connectivity index (χ4n) is 3.82. The second-order valence-electron chi connectivity index (χ2n) is 7.92. The van der Waals surface area contributed by atoms with E-state index in [1.807, 2.05) is 39.0 Å². The number of aromatic amines is 2. The third kappa shape index (κ3) is 4.04. The molecule has 29 heavy (non-hydrogen) atoms. The van der Waals surface area contributed by atoms with Crippen LogP contribution in [0.15, 0.2) is 33.9 Å². The zero-order valence-electron chi connectivity index (χ0n) is 17.5. The van der Waals surface area contributed by atoms with E-state index >= 15 is 0 Å². The Balaban J connectivity index is 2.34. The van der Waals surface area contributed by atoms with Crippen molar-refractivity contribution in [1.82, 2.24) is 14.8 Å². The van der Waals surface area contributed by atoms with Gasteiger partial charge < -0.3 is 14.4 Å². The summed E-state index contributed by atoms with van der Waals surface area (Å²) in [5.41, 5.74) is 2.79. The van der Waals surface area contributed by atoms with Crippen molar-refractivity contribution < 1.29 is 9.53 Å². The molecule has 0 amide bonds. The first-order valence-electron chi connectivity index (χ1n) is 9.71. The quantitative estimate of drug-likeness (QED) is 0.625. The minimum atomic E-state index is -0.701. The maximum atomic E-state index is 13.5. The zero-order chi connectivity index (χ0) is 21.3. The van der Waals surface area contributed by atoms with E-state index in [-0.39, 0.29) is 23.5 Å². The molecular weight excluding hydrogens is 370 g/mol. The SMILES string of the molecule is COC(=O)C[C@@H](c1c(C)[nH][nH]c1=O)c1cc2cc(C)ccc2n(CC(C)C)c1=O. The third-order valence-corrected chi connectivity index (χ3v) is 5.16. The number of hydrogen-bond acceptors (Lipinski definition) is 4. The third-order valence-electron chi connectivity index (χ3n) is 5.16. The van der Waals surface area contributed by atoms with Gasteiger partial charge in [-0.05, 0) is 43.4 Å². The lowest BCUT2D eigenvalue weighted by molar-refractivity contribution is -0.140. The minimum Gasteiger partial charge on any atom is -0.469 e. The normalized spacial score (nSPS) is 12.5. The molecule has 0 aliphatic carbocycles. The van der Waals surface area contributed by atoms with Gasteiger partial charge in [0.2, 0.25) is 0 Å². The van der Waals surface area contributed by atoms with E-state index in [1.54, 1.807) is 17.6 Å². The highest BCUT2D eigenvalue weighted by molar-refractivity contribution is 5.81.